The molecule has 1 rings (SSSR count). The first kappa shape index (κ1) is 16.5. The van der Waals surface area contributed by atoms with E-state index in [0.29, 0.717) is 26.3 Å². The Morgan fingerprint density at radius 3 is 2.90 bits per heavy atom. The van der Waals surface area contributed by atoms with Crippen LogP contribution in [0.25, 0.3) is 0 Å². The summed E-state index contributed by atoms with van der Waals surface area (Å²) in [7, 11) is 0. The van der Waals surface area contributed by atoms with Crippen molar-refractivity contribution >= 4 is 12.0 Å². The van der Waals surface area contributed by atoms with Crippen LogP contribution in [0.2, 0.25) is 0 Å². The number of rotatable bonds is 7. The standard InChI is InChI=1S/C14H24N2O4/c1-3-4-9-20-10-7-15-14(19)16-8-5-6-11(2)12(16)13(17)18/h3,11-12H,1,4-10H2,2H3,(H,15,19)(H,17,18). The third-order valence-corrected chi connectivity index (χ3v) is 3.44. The van der Waals surface area contributed by atoms with E-state index in [-0.39, 0.29) is 11.9 Å². The van der Waals surface area contributed by atoms with E-state index >= 15 is 0 Å². The zero-order valence-electron chi connectivity index (χ0n) is 12.0. The monoisotopic (exact) mass is 284 g/mol. The summed E-state index contributed by atoms with van der Waals surface area (Å²) < 4.78 is 5.29. The molecule has 2 N–H and O–H groups in total. The van der Waals surface area contributed by atoms with E-state index in [9.17, 15) is 14.7 Å². The average molecular weight is 284 g/mol. The molecule has 0 bridgehead atoms. The van der Waals surface area contributed by atoms with Crippen LogP contribution >= 0.6 is 0 Å². The van der Waals surface area contributed by atoms with Gasteiger partial charge in [-0.05, 0) is 25.2 Å². The fraction of sp³-hybridized carbons (Fsp3) is 0.714. The van der Waals surface area contributed by atoms with Crippen LogP contribution in [-0.4, -0.2) is 54.4 Å². The normalized spacial score (nSPS) is 22.4. The topological polar surface area (TPSA) is 78.9 Å². The highest BCUT2D eigenvalue weighted by Crippen LogP contribution is 2.23. The predicted molar refractivity (Wildman–Crippen MR) is 75.6 cm³/mol. The molecule has 0 radical (unpaired) electrons. The molecule has 6 heteroatoms. The van der Waals surface area contributed by atoms with Gasteiger partial charge in [0.05, 0.1) is 13.2 Å². The number of hydrogen-bond donors (Lipinski definition) is 2. The van der Waals surface area contributed by atoms with Gasteiger partial charge in [0.1, 0.15) is 6.04 Å². The van der Waals surface area contributed by atoms with Crippen LogP contribution in [0.15, 0.2) is 12.7 Å². The molecule has 1 aliphatic rings. The number of aliphatic carboxylic acids is 1. The summed E-state index contributed by atoms with van der Waals surface area (Å²) >= 11 is 0. The number of nitrogens with zero attached hydrogens (tertiary/aromatic N) is 1. The quantitative estimate of drug-likeness (QED) is 0.548. The number of carboxylic acid groups (broad SMARTS) is 1. The highest BCUT2D eigenvalue weighted by Gasteiger charge is 2.36. The lowest BCUT2D eigenvalue weighted by Gasteiger charge is -2.37. The molecular formula is C14H24N2O4. The van der Waals surface area contributed by atoms with Crippen molar-refractivity contribution in [1.29, 1.82) is 0 Å². The first-order valence-electron chi connectivity index (χ1n) is 7.03. The van der Waals surface area contributed by atoms with Gasteiger partial charge >= 0.3 is 12.0 Å². The van der Waals surface area contributed by atoms with Crippen LogP contribution in [0.4, 0.5) is 4.79 Å². The molecule has 0 aromatic carbocycles. The summed E-state index contributed by atoms with van der Waals surface area (Å²) in [5, 5.41) is 11.9. The SMILES string of the molecule is C=CCCOCCNC(=O)N1CCCC(C)C1C(=O)O. The van der Waals surface area contributed by atoms with E-state index < -0.39 is 12.0 Å². The second-order valence-corrected chi connectivity index (χ2v) is 5.02. The van der Waals surface area contributed by atoms with Crippen molar-refractivity contribution in [2.45, 2.75) is 32.2 Å². The van der Waals surface area contributed by atoms with Crippen LogP contribution in [0.1, 0.15) is 26.2 Å². The van der Waals surface area contributed by atoms with Gasteiger partial charge in [-0.2, -0.15) is 0 Å². The fourth-order valence-corrected chi connectivity index (χ4v) is 2.39. The molecule has 2 unspecified atom stereocenters. The number of carbonyl (C=O) groups is 2. The molecule has 1 fully saturated rings. The van der Waals surface area contributed by atoms with Gasteiger partial charge < -0.3 is 20.1 Å². The fourth-order valence-electron chi connectivity index (χ4n) is 2.39. The summed E-state index contributed by atoms with van der Waals surface area (Å²) in [5.41, 5.74) is 0. The van der Waals surface area contributed by atoms with Gasteiger partial charge in [-0.15, -0.1) is 6.58 Å². The molecule has 2 amide bonds. The van der Waals surface area contributed by atoms with Gasteiger partial charge in [0, 0.05) is 13.1 Å². The van der Waals surface area contributed by atoms with Crippen molar-refractivity contribution in [2.24, 2.45) is 5.92 Å². The molecule has 2 atom stereocenters. The summed E-state index contributed by atoms with van der Waals surface area (Å²) in [6.45, 7) is 7.33. The lowest BCUT2D eigenvalue weighted by atomic mass is 9.91. The zero-order valence-corrected chi connectivity index (χ0v) is 12.0. The number of nitrogens with one attached hydrogen (secondary N) is 1. The molecule has 114 valence electrons. The highest BCUT2D eigenvalue weighted by molar-refractivity contribution is 5.83. The maximum Gasteiger partial charge on any atom is 0.326 e. The smallest absolute Gasteiger partial charge is 0.326 e. The predicted octanol–water partition coefficient (Wildman–Crippen LogP) is 1.47. The molecule has 0 spiro atoms. The Labute approximate surface area is 119 Å². The van der Waals surface area contributed by atoms with Crippen LogP contribution in [-0.2, 0) is 9.53 Å². The minimum Gasteiger partial charge on any atom is -0.480 e. The highest BCUT2D eigenvalue weighted by atomic mass is 16.5. The second kappa shape index (κ2) is 8.58. The van der Waals surface area contributed by atoms with Gasteiger partial charge in [0.15, 0.2) is 0 Å². The molecular weight excluding hydrogens is 260 g/mol. The van der Waals surface area contributed by atoms with E-state index in [1.54, 1.807) is 6.08 Å². The Balaban J connectivity index is 2.36. The second-order valence-electron chi connectivity index (χ2n) is 5.02. The van der Waals surface area contributed by atoms with Crippen LogP contribution < -0.4 is 5.32 Å². The van der Waals surface area contributed by atoms with Crippen molar-refractivity contribution < 1.29 is 19.4 Å². The zero-order chi connectivity index (χ0) is 15.0. The first-order valence-corrected chi connectivity index (χ1v) is 7.03. The van der Waals surface area contributed by atoms with Crippen molar-refractivity contribution in [1.82, 2.24) is 10.2 Å². The number of carboxylic acids is 1. The lowest BCUT2D eigenvalue weighted by molar-refractivity contribution is -0.145. The molecule has 0 aromatic rings. The molecule has 20 heavy (non-hydrogen) atoms. The van der Waals surface area contributed by atoms with Gasteiger partial charge in [-0.1, -0.05) is 13.0 Å². The van der Waals surface area contributed by atoms with Crippen LogP contribution in [0.5, 0.6) is 0 Å². The van der Waals surface area contributed by atoms with Gasteiger partial charge in [-0.3, -0.25) is 0 Å². The van der Waals surface area contributed by atoms with Gasteiger partial charge in [-0.25, -0.2) is 9.59 Å². The third-order valence-electron chi connectivity index (χ3n) is 3.44. The van der Waals surface area contributed by atoms with E-state index in [0.717, 1.165) is 19.3 Å². The Hall–Kier alpha value is -1.56. The Bertz CT molecular complexity index is 346. The number of urea groups is 1. The molecule has 0 aliphatic carbocycles. The molecule has 1 aliphatic heterocycles. The minimum absolute atomic E-state index is 0.0177. The van der Waals surface area contributed by atoms with E-state index in [4.69, 9.17) is 4.74 Å². The van der Waals surface area contributed by atoms with Crippen molar-refractivity contribution in [2.75, 3.05) is 26.3 Å². The number of carbonyl (C=O) groups excluding carboxylic acids is 1. The van der Waals surface area contributed by atoms with Gasteiger partial charge in [0.2, 0.25) is 0 Å². The lowest BCUT2D eigenvalue weighted by Crippen LogP contribution is -2.55. The summed E-state index contributed by atoms with van der Waals surface area (Å²) in [4.78, 5) is 24.7. The molecule has 1 heterocycles. The molecule has 6 nitrogen and oxygen atoms in total. The Morgan fingerprint density at radius 2 is 2.25 bits per heavy atom. The summed E-state index contributed by atoms with van der Waals surface area (Å²) in [6, 6.07) is -1.05. The van der Waals surface area contributed by atoms with Crippen LogP contribution in [0, 0.1) is 5.92 Å². The first-order chi connectivity index (χ1) is 9.57. The Kier molecular flexibility index (Phi) is 7.08. The summed E-state index contributed by atoms with van der Waals surface area (Å²) in [6.07, 6.45) is 4.23. The molecule has 0 aromatic heterocycles. The molecule has 1 saturated heterocycles. The minimum atomic E-state index is -0.936. The maximum atomic E-state index is 12.0. The van der Waals surface area contributed by atoms with E-state index in [1.165, 1.54) is 4.90 Å². The van der Waals surface area contributed by atoms with Crippen molar-refractivity contribution in [3.05, 3.63) is 12.7 Å². The number of ether oxygens (including phenoxy) is 1. The summed E-state index contributed by atoms with van der Waals surface area (Å²) in [5.74, 6) is -0.953. The van der Waals surface area contributed by atoms with Gasteiger partial charge in [0.25, 0.3) is 0 Å². The average Bonchev–Trinajstić information content (AvgIpc) is 2.41. The third kappa shape index (κ3) is 4.85. The number of piperidine rings is 1. The van der Waals surface area contributed by atoms with Crippen LogP contribution in [0.3, 0.4) is 0 Å². The largest absolute Gasteiger partial charge is 0.480 e. The molecule has 0 saturated carbocycles. The van der Waals surface area contributed by atoms with Crippen molar-refractivity contribution in [3.8, 4) is 0 Å². The Morgan fingerprint density at radius 1 is 1.50 bits per heavy atom. The number of likely N-dealkylation sites (tertiary alicyclic amines) is 1. The number of amides is 2. The van der Waals surface area contributed by atoms with E-state index in [1.807, 2.05) is 6.92 Å². The maximum absolute atomic E-state index is 12.0. The number of hydrogen-bond acceptors (Lipinski definition) is 3. The van der Waals surface area contributed by atoms with E-state index in [2.05, 4.69) is 11.9 Å². The van der Waals surface area contributed by atoms with Crippen molar-refractivity contribution in [3.63, 3.8) is 0 Å².